The Hall–Kier alpha value is -2.03. The van der Waals surface area contributed by atoms with E-state index in [0.29, 0.717) is 16.4 Å². The Kier molecular flexibility index (Phi) is 3.36. The molecular formula is C13H12N4O2S2. The number of aryl methyl sites for hydroxylation is 1. The summed E-state index contributed by atoms with van der Waals surface area (Å²) in [5.41, 5.74) is 2.02. The van der Waals surface area contributed by atoms with Gasteiger partial charge in [0.15, 0.2) is 0 Å². The minimum Gasteiger partial charge on any atom is -0.225 e. The number of nitrogens with zero attached hydrogens (tertiary/aromatic N) is 3. The molecule has 0 unspecified atom stereocenters. The Bertz CT molecular complexity index is 896. The van der Waals surface area contributed by atoms with Crippen LogP contribution in [-0.2, 0) is 10.0 Å². The third kappa shape index (κ3) is 2.60. The molecule has 0 bridgehead atoms. The first kappa shape index (κ1) is 13.9. The fourth-order valence-electron chi connectivity index (χ4n) is 2.02. The van der Waals surface area contributed by atoms with Crippen LogP contribution in [0.15, 0.2) is 46.8 Å². The van der Waals surface area contributed by atoms with Gasteiger partial charge in [0.25, 0.3) is 0 Å². The van der Waals surface area contributed by atoms with E-state index >= 15 is 0 Å². The van der Waals surface area contributed by atoms with Crippen LogP contribution in [-0.4, -0.2) is 23.2 Å². The van der Waals surface area contributed by atoms with Crippen molar-refractivity contribution in [2.75, 3.05) is 0 Å². The third-order valence-electron chi connectivity index (χ3n) is 2.90. The molecule has 0 aliphatic rings. The minimum atomic E-state index is -3.81. The van der Waals surface area contributed by atoms with E-state index in [0.717, 1.165) is 5.69 Å². The summed E-state index contributed by atoms with van der Waals surface area (Å²) >= 11 is 1.44. The van der Waals surface area contributed by atoms with E-state index in [1.54, 1.807) is 35.1 Å². The first-order valence-electron chi connectivity index (χ1n) is 6.05. The highest BCUT2D eigenvalue weighted by Gasteiger charge is 2.18. The molecule has 0 atom stereocenters. The number of thiazole rings is 1. The first-order chi connectivity index (χ1) is 9.97. The number of sulfonamides is 1. The molecule has 0 saturated carbocycles. The number of nitrogens with two attached hydrogens (primary N) is 1. The van der Waals surface area contributed by atoms with Crippen LogP contribution in [0.4, 0.5) is 0 Å². The first-order valence-corrected chi connectivity index (χ1v) is 8.48. The molecule has 6 nitrogen and oxygen atoms in total. The quantitative estimate of drug-likeness (QED) is 0.798. The molecule has 2 aromatic heterocycles. The number of hydrogen-bond donors (Lipinski definition) is 1. The molecule has 8 heteroatoms. The molecule has 0 aliphatic carbocycles. The van der Waals surface area contributed by atoms with Gasteiger partial charge >= 0.3 is 0 Å². The van der Waals surface area contributed by atoms with Crippen LogP contribution in [0, 0.1) is 6.92 Å². The highest BCUT2D eigenvalue weighted by atomic mass is 32.2. The van der Waals surface area contributed by atoms with Gasteiger partial charge in [-0.3, -0.25) is 0 Å². The Balaban J connectivity index is 2.22. The molecule has 21 heavy (non-hydrogen) atoms. The van der Waals surface area contributed by atoms with Gasteiger partial charge < -0.3 is 0 Å². The van der Waals surface area contributed by atoms with Gasteiger partial charge in [-0.1, -0.05) is 18.2 Å². The smallest absolute Gasteiger partial charge is 0.225 e. The highest BCUT2D eigenvalue weighted by molar-refractivity contribution is 7.89. The normalized spacial score (nSPS) is 11.7. The van der Waals surface area contributed by atoms with E-state index in [4.69, 9.17) is 5.14 Å². The monoisotopic (exact) mass is 320 g/mol. The van der Waals surface area contributed by atoms with Gasteiger partial charge in [-0.05, 0) is 19.1 Å². The van der Waals surface area contributed by atoms with Crippen molar-refractivity contribution in [1.82, 2.24) is 14.8 Å². The molecular weight excluding hydrogens is 308 g/mol. The number of hydrogen-bond acceptors (Lipinski definition) is 5. The second-order valence-electron chi connectivity index (χ2n) is 4.44. The standard InChI is InChI=1S/C13H12N4O2S2/c1-9-8-20-13(16-9)17-11(6-7-15-17)10-4-2-3-5-12(10)21(14,18)19/h2-8H,1H3,(H2,14,18,19). The summed E-state index contributed by atoms with van der Waals surface area (Å²) in [4.78, 5) is 4.44. The van der Waals surface area contributed by atoms with Crippen molar-refractivity contribution >= 4 is 21.4 Å². The lowest BCUT2D eigenvalue weighted by Crippen LogP contribution is -2.14. The molecule has 0 spiro atoms. The van der Waals surface area contributed by atoms with Crippen molar-refractivity contribution in [2.24, 2.45) is 5.14 Å². The topological polar surface area (TPSA) is 90.9 Å². The van der Waals surface area contributed by atoms with E-state index in [9.17, 15) is 8.42 Å². The summed E-state index contributed by atoms with van der Waals surface area (Å²) in [6, 6.07) is 8.32. The molecule has 108 valence electrons. The zero-order chi connectivity index (χ0) is 15.0. The third-order valence-corrected chi connectivity index (χ3v) is 4.80. The van der Waals surface area contributed by atoms with Gasteiger partial charge in [-0.15, -0.1) is 11.3 Å². The summed E-state index contributed by atoms with van der Waals surface area (Å²) in [6.45, 7) is 1.89. The van der Waals surface area contributed by atoms with Crippen LogP contribution >= 0.6 is 11.3 Å². The van der Waals surface area contributed by atoms with Crippen molar-refractivity contribution in [3.63, 3.8) is 0 Å². The van der Waals surface area contributed by atoms with E-state index in [-0.39, 0.29) is 4.90 Å². The van der Waals surface area contributed by atoms with E-state index in [1.807, 2.05) is 12.3 Å². The Morgan fingerprint density at radius 3 is 2.67 bits per heavy atom. The molecule has 3 rings (SSSR count). The van der Waals surface area contributed by atoms with Gasteiger partial charge in [0.2, 0.25) is 15.2 Å². The summed E-state index contributed by atoms with van der Waals surface area (Å²) in [5.74, 6) is 0. The van der Waals surface area contributed by atoms with Crippen LogP contribution in [0.2, 0.25) is 0 Å². The summed E-state index contributed by atoms with van der Waals surface area (Å²) < 4.78 is 25.1. The van der Waals surface area contributed by atoms with Crippen molar-refractivity contribution in [1.29, 1.82) is 0 Å². The fourth-order valence-corrected chi connectivity index (χ4v) is 3.54. The highest BCUT2D eigenvalue weighted by Crippen LogP contribution is 2.28. The second kappa shape index (κ2) is 5.06. The number of primary sulfonamides is 1. The lowest BCUT2D eigenvalue weighted by molar-refractivity contribution is 0.598. The van der Waals surface area contributed by atoms with Crippen LogP contribution < -0.4 is 5.14 Å². The molecule has 3 aromatic rings. The SMILES string of the molecule is Cc1csc(-n2nccc2-c2ccccc2S(N)(=O)=O)n1. The van der Waals surface area contributed by atoms with Gasteiger partial charge in [-0.25, -0.2) is 23.2 Å². The molecule has 0 fully saturated rings. The largest absolute Gasteiger partial charge is 0.238 e. The molecule has 0 aliphatic heterocycles. The van der Waals surface area contributed by atoms with Crippen LogP contribution in [0.1, 0.15) is 5.69 Å². The zero-order valence-electron chi connectivity index (χ0n) is 11.1. The van der Waals surface area contributed by atoms with Crippen molar-refractivity contribution in [3.8, 4) is 16.4 Å². The molecule has 0 radical (unpaired) electrons. The van der Waals surface area contributed by atoms with Crippen LogP contribution in [0.5, 0.6) is 0 Å². The lowest BCUT2D eigenvalue weighted by Gasteiger charge is -2.08. The Morgan fingerprint density at radius 2 is 2.00 bits per heavy atom. The van der Waals surface area contributed by atoms with Gasteiger partial charge in [-0.2, -0.15) is 5.10 Å². The predicted molar refractivity (Wildman–Crippen MR) is 80.8 cm³/mol. The zero-order valence-corrected chi connectivity index (χ0v) is 12.7. The summed E-state index contributed by atoms with van der Waals surface area (Å²) in [6.07, 6.45) is 1.60. The number of rotatable bonds is 3. The maximum atomic E-state index is 11.7. The fraction of sp³-hybridized carbons (Fsp3) is 0.0769. The average Bonchev–Trinajstić information content (AvgIpc) is 3.06. The molecule has 0 amide bonds. The lowest BCUT2D eigenvalue weighted by atomic mass is 10.1. The van der Waals surface area contributed by atoms with Gasteiger partial charge in [0, 0.05) is 10.9 Å². The van der Waals surface area contributed by atoms with E-state index < -0.39 is 10.0 Å². The molecule has 1 aromatic carbocycles. The summed E-state index contributed by atoms with van der Waals surface area (Å²) in [7, 11) is -3.81. The van der Waals surface area contributed by atoms with Crippen molar-refractivity contribution in [3.05, 3.63) is 47.6 Å². The van der Waals surface area contributed by atoms with Crippen LogP contribution in [0.3, 0.4) is 0 Å². The van der Waals surface area contributed by atoms with Crippen molar-refractivity contribution in [2.45, 2.75) is 11.8 Å². The summed E-state index contributed by atoms with van der Waals surface area (Å²) in [5, 5.41) is 12.1. The molecule has 2 N–H and O–H groups in total. The average molecular weight is 320 g/mol. The molecule has 0 saturated heterocycles. The second-order valence-corrected chi connectivity index (χ2v) is 6.81. The number of benzene rings is 1. The van der Waals surface area contributed by atoms with Crippen LogP contribution in [0.25, 0.3) is 16.4 Å². The predicted octanol–water partition coefficient (Wildman–Crippen LogP) is 1.95. The molecule has 2 heterocycles. The van der Waals surface area contributed by atoms with E-state index in [2.05, 4.69) is 10.1 Å². The Labute approximate surface area is 125 Å². The van der Waals surface area contributed by atoms with Gasteiger partial charge in [0.1, 0.15) is 0 Å². The number of aromatic nitrogens is 3. The van der Waals surface area contributed by atoms with Gasteiger partial charge in [0.05, 0.1) is 22.5 Å². The van der Waals surface area contributed by atoms with Crippen molar-refractivity contribution < 1.29 is 8.42 Å². The maximum absolute atomic E-state index is 11.7. The Morgan fingerprint density at radius 1 is 1.24 bits per heavy atom. The maximum Gasteiger partial charge on any atom is 0.238 e. The van der Waals surface area contributed by atoms with E-state index in [1.165, 1.54) is 17.4 Å². The minimum absolute atomic E-state index is 0.0695.